The fraction of sp³-hybridized carbons (Fsp3) is 0.600. The molecule has 4 heterocycles. The zero-order valence-corrected chi connectivity index (χ0v) is 23.2. The number of likely N-dealkylation sites (tertiary alicyclic amines) is 1. The highest BCUT2D eigenvalue weighted by molar-refractivity contribution is 5.92. The van der Waals surface area contributed by atoms with Crippen molar-refractivity contribution in [3.8, 4) is 0 Å². The largest absolute Gasteiger partial charge is 0.378 e. The van der Waals surface area contributed by atoms with E-state index in [1.807, 2.05) is 0 Å². The molecule has 40 heavy (non-hydrogen) atoms. The van der Waals surface area contributed by atoms with Crippen molar-refractivity contribution in [1.82, 2.24) is 25.3 Å². The van der Waals surface area contributed by atoms with Gasteiger partial charge in [0.1, 0.15) is 17.3 Å². The van der Waals surface area contributed by atoms with Gasteiger partial charge < -0.3 is 24.4 Å². The lowest BCUT2D eigenvalue weighted by atomic mass is 9.78. The number of fused-ring (bicyclic) bond motifs is 1. The van der Waals surface area contributed by atoms with E-state index in [4.69, 9.17) is 9.26 Å². The second-order valence-electron chi connectivity index (χ2n) is 11.7. The standard InChI is InChI=1S/C30H39FN6O3/c1-20(19-36-10-8-22(9-11-36)29-25-7-4-23(31)16-27(25)40-35-29)21-2-5-24(6-3-21)34-30(38)26-17-33-28(18-32-26)37-12-14-39-15-13-37/h4,7,16-18,20-22,24H,2-3,5-6,8-15,19H2,1H3,(H,34,38). The lowest BCUT2D eigenvalue weighted by Crippen LogP contribution is -2.41. The first-order valence-corrected chi connectivity index (χ1v) is 14.8. The molecule has 2 aromatic heterocycles. The molecule has 214 valence electrons. The van der Waals surface area contributed by atoms with Gasteiger partial charge in [0.2, 0.25) is 0 Å². The van der Waals surface area contributed by atoms with E-state index in [0.29, 0.717) is 42.2 Å². The molecule has 0 radical (unpaired) electrons. The van der Waals surface area contributed by atoms with E-state index in [2.05, 4.69) is 37.2 Å². The van der Waals surface area contributed by atoms with Gasteiger partial charge in [-0.2, -0.15) is 0 Å². The molecule has 1 unspecified atom stereocenters. The van der Waals surface area contributed by atoms with Gasteiger partial charge in [-0.1, -0.05) is 12.1 Å². The van der Waals surface area contributed by atoms with E-state index >= 15 is 0 Å². The Hall–Kier alpha value is -3.11. The van der Waals surface area contributed by atoms with Crippen LogP contribution in [0.1, 0.15) is 67.5 Å². The van der Waals surface area contributed by atoms with Gasteiger partial charge in [0.25, 0.3) is 5.91 Å². The normalized spacial score (nSPS) is 23.8. The molecule has 10 heteroatoms. The summed E-state index contributed by atoms with van der Waals surface area (Å²) in [4.78, 5) is 26.3. The monoisotopic (exact) mass is 550 g/mol. The molecule has 1 aliphatic carbocycles. The summed E-state index contributed by atoms with van der Waals surface area (Å²) in [5, 5.41) is 8.41. The number of benzene rings is 1. The van der Waals surface area contributed by atoms with Gasteiger partial charge in [0.15, 0.2) is 5.58 Å². The number of anilines is 1. The minimum absolute atomic E-state index is 0.134. The summed E-state index contributed by atoms with van der Waals surface area (Å²) in [6, 6.07) is 4.89. The van der Waals surface area contributed by atoms with Gasteiger partial charge in [-0.3, -0.25) is 4.79 Å². The number of carbonyl (C=O) groups is 1. The van der Waals surface area contributed by atoms with Crippen LogP contribution in [0.5, 0.6) is 0 Å². The molecule has 1 saturated carbocycles. The van der Waals surface area contributed by atoms with Crippen molar-refractivity contribution in [3.63, 3.8) is 0 Å². The van der Waals surface area contributed by atoms with Crippen LogP contribution in [0.25, 0.3) is 11.0 Å². The second kappa shape index (κ2) is 12.2. The number of aromatic nitrogens is 3. The maximum atomic E-state index is 13.5. The van der Waals surface area contributed by atoms with Crippen molar-refractivity contribution in [2.75, 3.05) is 50.8 Å². The summed E-state index contributed by atoms with van der Waals surface area (Å²) in [6.45, 7) is 8.53. The summed E-state index contributed by atoms with van der Waals surface area (Å²) in [5.74, 6) is 2.01. The van der Waals surface area contributed by atoms with Crippen molar-refractivity contribution < 1.29 is 18.4 Å². The van der Waals surface area contributed by atoms with Crippen molar-refractivity contribution in [3.05, 3.63) is 47.8 Å². The average Bonchev–Trinajstić information content (AvgIpc) is 3.41. The quantitative estimate of drug-likeness (QED) is 0.463. The van der Waals surface area contributed by atoms with Crippen molar-refractivity contribution >= 4 is 22.7 Å². The maximum Gasteiger partial charge on any atom is 0.271 e. The van der Waals surface area contributed by atoms with Crippen LogP contribution in [0.2, 0.25) is 0 Å². The van der Waals surface area contributed by atoms with Crippen LogP contribution in [0.15, 0.2) is 35.1 Å². The molecule has 3 aromatic rings. The number of hydrogen-bond donors (Lipinski definition) is 1. The van der Waals surface area contributed by atoms with E-state index in [0.717, 1.165) is 88.1 Å². The van der Waals surface area contributed by atoms with Crippen LogP contribution in [0.3, 0.4) is 0 Å². The Morgan fingerprint density at radius 3 is 2.55 bits per heavy atom. The SMILES string of the molecule is CC(CN1CCC(c2noc3cc(F)ccc23)CC1)C1CCC(NC(=O)c2cnc(N3CCOCC3)cn2)CC1. The summed E-state index contributed by atoms with van der Waals surface area (Å²) in [6.07, 6.45) is 9.63. The van der Waals surface area contributed by atoms with E-state index in [1.165, 1.54) is 12.1 Å². The maximum absolute atomic E-state index is 13.5. The highest BCUT2D eigenvalue weighted by atomic mass is 19.1. The Morgan fingerprint density at radius 1 is 1.05 bits per heavy atom. The minimum atomic E-state index is -0.292. The van der Waals surface area contributed by atoms with Gasteiger partial charge in [0, 0.05) is 43.0 Å². The van der Waals surface area contributed by atoms with Gasteiger partial charge in [-0.25, -0.2) is 14.4 Å². The van der Waals surface area contributed by atoms with Gasteiger partial charge in [-0.05, 0) is 75.6 Å². The van der Waals surface area contributed by atoms with Crippen LogP contribution >= 0.6 is 0 Å². The number of morpholine rings is 1. The molecule has 3 fully saturated rings. The number of nitrogens with one attached hydrogen (secondary N) is 1. The molecule has 0 spiro atoms. The van der Waals surface area contributed by atoms with Crippen molar-refractivity contribution in [1.29, 1.82) is 0 Å². The third kappa shape index (κ3) is 6.12. The predicted octanol–water partition coefficient (Wildman–Crippen LogP) is 4.40. The van der Waals surface area contributed by atoms with E-state index < -0.39 is 0 Å². The summed E-state index contributed by atoms with van der Waals surface area (Å²) >= 11 is 0. The molecule has 6 rings (SSSR count). The Kier molecular flexibility index (Phi) is 8.25. The molecule has 3 aliphatic rings. The smallest absolute Gasteiger partial charge is 0.271 e. The number of nitrogens with zero attached hydrogens (tertiary/aromatic N) is 5. The molecular weight excluding hydrogens is 511 g/mol. The molecule has 1 atom stereocenters. The van der Waals surface area contributed by atoms with Crippen LogP contribution < -0.4 is 10.2 Å². The topological polar surface area (TPSA) is 96.6 Å². The number of rotatable bonds is 7. The van der Waals surface area contributed by atoms with E-state index in [9.17, 15) is 9.18 Å². The molecule has 2 saturated heterocycles. The first-order chi connectivity index (χ1) is 19.5. The number of hydrogen-bond acceptors (Lipinski definition) is 8. The first-order valence-electron chi connectivity index (χ1n) is 14.8. The third-order valence-electron chi connectivity index (χ3n) is 9.10. The lowest BCUT2D eigenvalue weighted by Gasteiger charge is -2.37. The van der Waals surface area contributed by atoms with E-state index in [1.54, 1.807) is 18.5 Å². The Bertz CT molecular complexity index is 1280. The molecular formula is C30H39FN6O3. The zero-order valence-electron chi connectivity index (χ0n) is 23.2. The molecule has 1 N–H and O–H groups in total. The average molecular weight is 551 g/mol. The minimum Gasteiger partial charge on any atom is -0.378 e. The number of amides is 1. The van der Waals surface area contributed by atoms with Gasteiger partial charge in [0.05, 0.1) is 31.3 Å². The molecule has 0 bridgehead atoms. The van der Waals surface area contributed by atoms with E-state index in [-0.39, 0.29) is 17.8 Å². The predicted molar refractivity (Wildman–Crippen MR) is 150 cm³/mol. The number of ether oxygens (including phenoxy) is 1. The first kappa shape index (κ1) is 27.1. The highest BCUT2D eigenvalue weighted by Gasteiger charge is 2.30. The van der Waals surface area contributed by atoms with Crippen LogP contribution in [0.4, 0.5) is 10.2 Å². The molecule has 9 nitrogen and oxygen atoms in total. The van der Waals surface area contributed by atoms with Crippen LogP contribution in [0, 0.1) is 17.7 Å². The van der Waals surface area contributed by atoms with Gasteiger partial charge in [-0.15, -0.1) is 0 Å². The Labute approximate surface area is 234 Å². The summed E-state index contributed by atoms with van der Waals surface area (Å²) in [5.41, 5.74) is 1.89. The Balaban J connectivity index is 0.929. The fourth-order valence-corrected chi connectivity index (χ4v) is 6.66. The summed E-state index contributed by atoms with van der Waals surface area (Å²) in [7, 11) is 0. The fourth-order valence-electron chi connectivity index (χ4n) is 6.66. The number of carbonyl (C=O) groups excluding carboxylic acids is 1. The molecule has 1 amide bonds. The van der Waals surface area contributed by atoms with Crippen molar-refractivity contribution in [2.24, 2.45) is 11.8 Å². The zero-order chi connectivity index (χ0) is 27.5. The second-order valence-corrected chi connectivity index (χ2v) is 11.7. The Morgan fingerprint density at radius 2 is 1.82 bits per heavy atom. The van der Waals surface area contributed by atoms with Crippen molar-refractivity contribution in [2.45, 2.75) is 57.4 Å². The third-order valence-corrected chi connectivity index (χ3v) is 9.10. The number of halogens is 1. The van der Waals surface area contributed by atoms with Gasteiger partial charge >= 0.3 is 0 Å². The van der Waals surface area contributed by atoms with Crippen LogP contribution in [-0.2, 0) is 4.74 Å². The van der Waals surface area contributed by atoms with Crippen LogP contribution in [-0.4, -0.2) is 77.9 Å². The molecule has 1 aromatic carbocycles. The molecule has 2 aliphatic heterocycles. The lowest BCUT2D eigenvalue weighted by molar-refractivity contribution is 0.0902. The number of piperidine rings is 1. The summed E-state index contributed by atoms with van der Waals surface area (Å²) < 4.78 is 24.3. The highest BCUT2D eigenvalue weighted by Crippen LogP contribution is 2.35.